The summed E-state index contributed by atoms with van der Waals surface area (Å²) in [5.41, 5.74) is 0. The summed E-state index contributed by atoms with van der Waals surface area (Å²) in [5.74, 6) is 1.70. The molecule has 0 amide bonds. The summed E-state index contributed by atoms with van der Waals surface area (Å²) in [5, 5.41) is 0. The van der Waals surface area contributed by atoms with Gasteiger partial charge < -0.3 is 0 Å². The maximum absolute atomic E-state index is 11.3. The van der Waals surface area contributed by atoms with Crippen LogP contribution in [0, 0.1) is 5.92 Å². The topological polar surface area (TPSA) is 17.1 Å². The van der Waals surface area contributed by atoms with Crippen LogP contribution < -0.4 is 0 Å². The van der Waals surface area contributed by atoms with Crippen LogP contribution in [-0.2, 0) is 4.79 Å². The van der Waals surface area contributed by atoms with Gasteiger partial charge in [0.15, 0.2) is 0 Å². The van der Waals surface area contributed by atoms with Crippen molar-refractivity contribution in [3.05, 3.63) is 0 Å². The van der Waals surface area contributed by atoms with Crippen molar-refractivity contribution in [2.75, 3.05) is 5.75 Å². The van der Waals surface area contributed by atoms with Crippen LogP contribution >= 0.6 is 11.8 Å². The lowest BCUT2D eigenvalue weighted by atomic mass is 10.1. The Kier molecular flexibility index (Phi) is 5.70. The second kappa shape index (κ2) is 5.69. The van der Waals surface area contributed by atoms with Crippen LogP contribution in [0.15, 0.2) is 0 Å². The molecule has 0 rings (SSSR count). The molecular weight excluding hydrogens is 180 g/mol. The average molecular weight is 202 g/mol. The molecule has 0 bridgehead atoms. The van der Waals surface area contributed by atoms with Crippen molar-refractivity contribution < 1.29 is 4.79 Å². The molecule has 1 nitrogen and oxygen atoms in total. The van der Waals surface area contributed by atoms with E-state index in [1.807, 2.05) is 25.6 Å². The standard InChI is InChI=1S/C11H22OS/c1-9(2)10(12)7-6-8-13-11(3,4)5/h9H,6-8H2,1-5H3. The fourth-order valence-corrected chi connectivity index (χ4v) is 1.81. The Bertz CT molecular complexity index is 156. The van der Waals surface area contributed by atoms with Gasteiger partial charge in [0, 0.05) is 17.1 Å². The van der Waals surface area contributed by atoms with E-state index in [1.165, 1.54) is 0 Å². The number of carbonyl (C=O) groups excluding carboxylic acids is 1. The summed E-state index contributed by atoms with van der Waals surface area (Å²) in [6, 6.07) is 0. The Morgan fingerprint density at radius 1 is 1.31 bits per heavy atom. The molecule has 0 atom stereocenters. The summed E-state index contributed by atoms with van der Waals surface area (Å²) in [6.45, 7) is 10.6. The predicted molar refractivity (Wildman–Crippen MR) is 61.3 cm³/mol. The summed E-state index contributed by atoms with van der Waals surface area (Å²) < 4.78 is 0.334. The average Bonchev–Trinajstić information content (AvgIpc) is 1.95. The highest BCUT2D eigenvalue weighted by atomic mass is 32.2. The van der Waals surface area contributed by atoms with Gasteiger partial charge in [-0.05, 0) is 12.2 Å². The van der Waals surface area contributed by atoms with E-state index in [0.29, 0.717) is 10.5 Å². The highest BCUT2D eigenvalue weighted by Gasteiger charge is 2.11. The molecule has 0 N–H and O–H groups in total. The fraction of sp³-hybridized carbons (Fsp3) is 0.909. The van der Waals surface area contributed by atoms with Gasteiger partial charge in [-0.15, -0.1) is 0 Å². The first kappa shape index (κ1) is 13.0. The Morgan fingerprint density at radius 3 is 2.23 bits per heavy atom. The van der Waals surface area contributed by atoms with E-state index >= 15 is 0 Å². The van der Waals surface area contributed by atoms with Gasteiger partial charge in [-0.2, -0.15) is 11.8 Å². The first-order valence-electron chi connectivity index (χ1n) is 4.99. The molecule has 0 aromatic rings. The molecule has 0 spiro atoms. The molecule has 13 heavy (non-hydrogen) atoms. The zero-order valence-corrected chi connectivity index (χ0v) is 10.3. The normalized spacial score (nSPS) is 12.2. The first-order valence-corrected chi connectivity index (χ1v) is 5.98. The monoisotopic (exact) mass is 202 g/mol. The number of hydrogen-bond donors (Lipinski definition) is 0. The van der Waals surface area contributed by atoms with E-state index in [9.17, 15) is 4.79 Å². The van der Waals surface area contributed by atoms with E-state index in [0.717, 1.165) is 18.6 Å². The third-order valence-electron chi connectivity index (χ3n) is 1.75. The summed E-state index contributed by atoms with van der Waals surface area (Å²) in [7, 11) is 0. The van der Waals surface area contributed by atoms with Crippen LogP contribution in [0.5, 0.6) is 0 Å². The van der Waals surface area contributed by atoms with E-state index in [-0.39, 0.29) is 5.92 Å². The zero-order chi connectivity index (χ0) is 10.5. The van der Waals surface area contributed by atoms with Crippen molar-refractivity contribution in [1.82, 2.24) is 0 Å². The van der Waals surface area contributed by atoms with Crippen molar-refractivity contribution in [1.29, 1.82) is 0 Å². The number of hydrogen-bond acceptors (Lipinski definition) is 2. The summed E-state index contributed by atoms with van der Waals surface area (Å²) in [4.78, 5) is 11.3. The molecule has 0 aliphatic heterocycles. The van der Waals surface area contributed by atoms with Crippen LogP contribution in [-0.4, -0.2) is 16.3 Å². The van der Waals surface area contributed by atoms with Crippen LogP contribution in [0.25, 0.3) is 0 Å². The fourth-order valence-electron chi connectivity index (χ4n) is 0.913. The van der Waals surface area contributed by atoms with Crippen molar-refractivity contribution in [3.63, 3.8) is 0 Å². The van der Waals surface area contributed by atoms with Crippen molar-refractivity contribution in [2.24, 2.45) is 5.92 Å². The van der Waals surface area contributed by atoms with E-state index in [4.69, 9.17) is 0 Å². The van der Waals surface area contributed by atoms with Crippen molar-refractivity contribution >= 4 is 17.5 Å². The minimum Gasteiger partial charge on any atom is -0.299 e. The molecule has 0 fully saturated rings. The Hall–Kier alpha value is 0.0200. The number of rotatable bonds is 5. The van der Waals surface area contributed by atoms with Gasteiger partial charge in [0.1, 0.15) is 5.78 Å². The molecule has 0 heterocycles. The van der Waals surface area contributed by atoms with Gasteiger partial charge in [0.25, 0.3) is 0 Å². The lowest BCUT2D eigenvalue weighted by Crippen LogP contribution is -2.10. The van der Waals surface area contributed by atoms with E-state index in [1.54, 1.807) is 0 Å². The van der Waals surface area contributed by atoms with Gasteiger partial charge in [0.2, 0.25) is 0 Å². The minimum absolute atomic E-state index is 0.208. The van der Waals surface area contributed by atoms with Crippen LogP contribution in [0.1, 0.15) is 47.5 Å². The van der Waals surface area contributed by atoms with E-state index < -0.39 is 0 Å². The molecule has 0 aliphatic rings. The first-order chi connectivity index (χ1) is 5.83. The Morgan fingerprint density at radius 2 is 1.85 bits per heavy atom. The Labute approximate surface area is 86.7 Å². The zero-order valence-electron chi connectivity index (χ0n) is 9.52. The number of ketones is 1. The third kappa shape index (κ3) is 8.35. The molecule has 0 saturated carbocycles. The summed E-state index contributed by atoms with van der Waals surface area (Å²) >= 11 is 1.94. The third-order valence-corrected chi connectivity index (χ3v) is 3.11. The maximum Gasteiger partial charge on any atom is 0.135 e. The van der Waals surface area contributed by atoms with Crippen molar-refractivity contribution in [2.45, 2.75) is 52.2 Å². The molecule has 0 radical (unpaired) electrons. The molecule has 78 valence electrons. The second-order valence-corrected chi connectivity index (χ2v) is 6.61. The van der Waals surface area contributed by atoms with Gasteiger partial charge in [0.05, 0.1) is 0 Å². The minimum atomic E-state index is 0.208. The van der Waals surface area contributed by atoms with Gasteiger partial charge in [-0.1, -0.05) is 34.6 Å². The van der Waals surface area contributed by atoms with Gasteiger partial charge in [-0.25, -0.2) is 0 Å². The summed E-state index contributed by atoms with van der Waals surface area (Å²) in [6.07, 6.45) is 1.78. The smallest absolute Gasteiger partial charge is 0.135 e. The maximum atomic E-state index is 11.3. The lowest BCUT2D eigenvalue weighted by molar-refractivity contribution is -0.121. The SMILES string of the molecule is CC(C)C(=O)CCCSC(C)(C)C. The lowest BCUT2D eigenvalue weighted by Gasteiger charge is -2.17. The van der Waals surface area contributed by atoms with E-state index in [2.05, 4.69) is 20.8 Å². The van der Waals surface area contributed by atoms with Gasteiger partial charge >= 0.3 is 0 Å². The molecule has 0 aliphatic carbocycles. The highest BCUT2D eigenvalue weighted by molar-refractivity contribution is 8.00. The number of Topliss-reactive ketones (excluding diaryl/α,β-unsaturated/α-hetero) is 1. The molecule has 0 aromatic heterocycles. The van der Waals surface area contributed by atoms with Crippen molar-refractivity contribution in [3.8, 4) is 0 Å². The largest absolute Gasteiger partial charge is 0.299 e. The number of thioether (sulfide) groups is 1. The second-order valence-electron chi connectivity index (χ2n) is 4.69. The molecular formula is C11H22OS. The van der Waals surface area contributed by atoms with Crippen LogP contribution in [0.4, 0.5) is 0 Å². The molecule has 0 saturated heterocycles. The molecule has 0 unspecified atom stereocenters. The van der Waals surface area contributed by atoms with Gasteiger partial charge in [-0.3, -0.25) is 4.79 Å². The predicted octanol–water partition coefficient (Wildman–Crippen LogP) is 3.52. The van der Waals surface area contributed by atoms with Crippen LogP contribution in [0.2, 0.25) is 0 Å². The Balaban J connectivity index is 3.42. The molecule has 0 aromatic carbocycles. The molecule has 2 heteroatoms. The quantitative estimate of drug-likeness (QED) is 0.634. The van der Waals surface area contributed by atoms with Crippen LogP contribution in [0.3, 0.4) is 0 Å². The highest BCUT2D eigenvalue weighted by Crippen LogP contribution is 2.24. The number of carbonyl (C=O) groups is 1.